The first-order valence-electron chi connectivity index (χ1n) is 6.67. The zero-order chi connectivity index (χ0) is 19.5. The van der Waals surface area contributed by atoms with E-state index in [0.29, 0.717) is 0 Å². The molecule has 13 heteroatoms. The second-order valence-corrected chi connectivity index (χ2v) is 7.23. The molecule has 2 rings (SSSR count). The van der Waals surface area contributed by atoms with Crippen molar-refractivity contribution in [3.63, 3.8) is 0 Å². The SMILES string of the molecule is O=C(O)CNC(=O)c1cnc(NS(=O)(=O)c2ccc(Cl)c(Cl)c2)[nH]c1=O. The van der Waals surface area contributed by atoms with Crippen molar-refractivity contribution < 1.29 is 23.1 Å². The van der Waals surface area contributed by atoms with Gasteiger partial charge in [0.15, 0.2) is 0 Å². The summed E-state index contributed by atoms with van der Waals surface area (Å²) < 4.78 is 26.5. The molecule has 0 aliphatic heterocycles. The Kier molecular flexibility index (Phi) is 5.85. The number of amides is 1. The van der Waals surface area contributed by atoms with Gasteiger partial charge < -0.3 is 10.4 Å². The molecule has 4 N–H and O–H groups in total. The molecule has 1 aromatic heterocycles. The minimum Gasteiger partial charge on any atom is -0.480 e. The average Bonchev–Trinajstić information content (AvgIpc) is 2.54. The molecule has 0 saturated heterocycles. The second-order valence-electron chi connectivity index (χ2n) is 4.73. The summed E-state index contributed by atoms with van der Waals surface area (Å²) in [4.78, 5) is 39.4. The molecule has 0 aliphatic carbocycles. The van der Waals surface area contributed by atoms with E-state index >= 15 is 0 Å². The Morgan fingerprint density at radius 1 is 1.23 bits per heavy atom. The van der Waals surface area contributed by atoms with E-state index in [9.17, 15) is 22.8 Å². The van der Waals surface area contributed by atoms with Gasteiger partial charge in [0.05, 0.1) is 14.9 Å². The molecule has 2 aromatic rings. The predicted molar refractivity (Wildman–Crippen MR) is 92.1 cm³/mol. The Hall–Kier alpha value is -2.63. The molecule has 26 heavy (non-hydrogen) atoms. The number of anilines is 1. The Bertz CT molecular complexity index is 1040. The van der Waals surface area contributed by atoms with Crippen LogP contribution in [0, 0.1) is 0 Å². The van der Waals surface area contributed by atoms with Crippen LogP contribution in [0.3, 0.4) is 0 Å². The van der Waals surface area contributed by atoms with Crippen molar-refractivity contribution in [3.8, 4) is 0 Å². The smallest absolute Gasteiger partial charge is 0.322 e. The number of aromatic amines is 1. The lowest BCUT2D eigenvalue weighted by molar-refractivity contribution is -0.135. The average molecular weight is 421 g/mol. The van der Waals surface area contributed by atoms with Crippen LogP contribution in [0.2, 0.25) is 10.0 Å². The molecule has 1 heterocycles. The lowest BCUT2D eigenvalue weighted by Crippen LogP contribution is -2.34. The summed E-state index contributed by atoms with van der Waals surface area (Å²) in [5.41, 5.74) is -1.45. The van der Waals surface area contributed by atoms with E-state index in [1.165, 1.54) is 12.1 Å². The zero-order valence-corrected chi connectivity index (χ0v) is 14.9. The van der Waals surface area contributed by atoms with Crippen LogP contribution in [0.1, 0.15) is 10.4 Å². The molecule has 0 aliphatic rings. The van der Waals surface area contributed by atoms with Crippen molar-refractivity contribution in [1.29, 1.82) is 0 Å². The highest BCUT2D eigenvalue weighted by atomic mass is 35.5. The van der Waals surface area contributed by atoms with Crippen molar-refractivity contribution in [2.75, 3.05) is 11.3 Å². The largest absolute Gasteiger partial charge is 0.480 e. The number of hydrogen-bond donors (Lipinski definition) is 4. The predicted octanol–water partition coefficient (Wildman–Crippen LogP) is 0.692. The minimum absolute atomic E-state index is 0.0152. The van der Waals surface area contributed by atoms with Gasteiger partial charge in [0.2, 0.25) is 5.95 Å². The first kappa shape index (κ1) is 19.7. The number of halogens is 2. The fourth-order valence-electron chi connectivity index (χ4n) is 1.69. The molecular formula is C13H10Cl2N4O6S. The molecule has 0 saturated carbocycles. The third-order valence-corrected chi connectivity index (χ3v) is 4.95. The summed E-state index contributed by atoms with van der Waals surface area (Å²) in [6.45, 7) is -0.690. The molecule has 1 amide bonds. The number of hydrogen-bond acceptors (Lipinski definition) is 6. The number of nitrogens with zero attached hydrogens (tertiary/aromatic N) is 1. The standard InChI is InChI=1S/C13H10Cl2N4O6S/c14-8-2-1-6(3-9(8)15)26(24,25)19-13-17-4-7(12(23)18-13)11(22)16-5-10(20)21/h1-4H,5H2,(H,16,22)(H,20,21)(H2,17,18,19,23). The topological polar surface area (TPSA) is 158 Å². The van der Waals surface area contributed by atoms with E-state index in [4.69, 9.17) is 28.3 Å². The monoisotopic (exact) mass is 420 g/mol. The summed E-state index contributed by atoms with van der Waals surface area (Å²) in [6.07, 6.45) is 0.808. The van der Waals surface area contributed by atoms with Gasteiger partial charge in [-0.3, -0.25) is 19.4 Å². The van der Waals surface area contributed by atoms with Crippen LogP contribution in [-0.2, 0) is 14.8 Å². The minimum atomic E-state index is -4.13. The van der Waals surface area contributed by atoms with Crippen LogP contribution in [0.15, 0.2) is 34.1 Å². The van der Waals surface area contributed by atoms with Crippen molar-refractivity contribution >= 4 is 51.0 Å². The maximum atomic E-state index is 12.3. The van der Waals surface area contributed by atoms with E-state index in [1.807, 2.05) is 10.0 Å². The number of aliphatic carboxylic acids is 1. The van der Waals surface area contributed by atoms with Crippen LogP contribution >= 0.6 is 23.2 Å². The highest BCUT2D eigenvalue weighted by molar-refractivity contribution is 7.92. The van der Waals surface area contributed by atoms with Crippen molar-refractivity contribution in [3.05, 3.63) is 50.4 Å². The van der Waals surface area contributed by atoms with Gasteiger partial charge in [-0.25, -0.2) is 18.1 Å². The van der Waals surface area contributed by atoms with Gasteiger partial charge in [0.25, 0.3) is 21.5 Å². The molecule has 1 aromatic carbocycles. The number of carboxylic acid groups (broad SMARTS) is 1. The highest BCUT2D eigenvalue weighted by Gasteiger charge is 2.18. The molecule has 138 valence electrons. The third kappa shape index (κ3) is 4.71. The van der Waals surface area contributed by atoms with Crippen LogP contribution < -0.4 is 15.6 Å². The first-order chi connectivity index (χ1) is 12.1. The van der Waals surface area contributed by atoms with Crippen LogP contribution in [0.5, 0.6) is 0 Å². The summed E-state index contributed by atoms with van der Waals surface area (Å²) in [7, 11) is -4.13. The molecule has 0 bridgehead atoms. The van der Waals surface area contributed by atoms with Crippen LogP contribution in [0.25, 0.3) is 0 Å². The Morgan fingerprint density at radius 2 is 1.92 bits per heavy atom. The molecule has 0 atom stereocenters. The fourth-order valence-corrected chi connectivity index (χ4v) is 3.05. The number of benzene rings is 1. The maximum absolute atomic E-state index is 12.3. The Labute approximate surface area is 156 Å². The maximum Gasteiger partial charge on any atom is 0.322 e. The molecule has 0 radical (unpaired) electrons. The van der Waals surface area contributed by atoms with E-state index in [2.05, 4.69) is 9.97 Å². The first-order valence-corrected chi connectivity index (χ1v) is 8.91. The quantitative estimate of drug-likeness (QED) is 0.534. The van der Waals surface area contributed by atoms with Gasteiger partial charge >= 0.3 is 5.97 Å². The van der Waals surface area contributed by atoms with Gasteiger partial charge in [-0.05, 0) is 18.2 Å². The molecule has 0 fully saturated rings. The Morgan fingerprint density at radius 3 is 2.50 bits per heavy atom. The van der Waals surface area contributed by atoms with Crippen LogP contribution in [-0.4, -0.2) is 41.9 Å². The number of carbonyl (C=O) groups excluding carboxylic acids is 1. The summed E-state index contributed by atoms with van der Waals surface area (Å²) in [5, 5.41) is 10.6. The molecule has 0 spiro atoms. The highest BCUT2D eigenvalue weighted by Crippen LogP contribution is 2.25. The lowest BCUT2D eigenvalue weighted by atomic mass is 10.3. The summed E-state index contributed by atoms with van der Waals surface area (Å²) >= 11 is 11.5. The number of nitrogens with one attached hydrogen (secondary N) is 3. The van der Waals surface area contributed by atoms with Gasteiger partial charge in [-0.15, -0.1) is 0 Å². The number of sulfonamides is 1. The van der Waals surface area contributed by atoms with Gasteiger partial charge in [-0.2, -0.15) is 0 Å². The third-order valence-electron chi connectivity index (χ3n) is 2.88. The molecule has 0 unspecified atom stereocenters. The van der Waals surface area contributed by atoms with Crippen molar-refractivity contribution in [1.82, 2.24) is 15.3 Å². The number of carboxylic acids is 1. The molecule has 10 nitrogen and oxygen atoms in total. The van der Waals surface area contributed by atoms with E-state index < -0.39 is 45.5 Å². The van der Waals surface area contributed by atoms with Crippen LogP contribution in [0.4, 0.5) is 5.95 Å². The number of aromatic nitrogens is 2. The van der Waals surface area contributed by atoms with E-state index in [-0.39, 0.29) is 14.9 Å². The number of rotatable bonds is 6. The van der Waals surface area contributed by atoms with Crippen molar-refractivity contribution in [2.45, 2.75) is 4.90 Å². The second kappa shape index (κ2) is 7.72. The summed E-state index contributed by atoms with van der Waals surface area (Å²) in [5.74, 6) is -2.72. The van der Waals surface area contributed by atoms with E-state index in [1.54, 1.807) is 0 Å². The number of carbonyl (C=O) groups is 2. The summed E-state index contributed by atoms with van der Waals surface area (Å²) in [6, 6.07) is 3.59. The van der Waals surface area contributed by atoms with Gasteiger partial charge in [-0.1, -0.05) is 23.2 Å². The fraction of sp³-hybridized carbons (Fsp3) is 0.0769. The lowest BCUT2D eigenvalue weighted by Gasteiger charge is -2.08. The van der Waals surface area contributed by atoms with Gasteiger partial charge in [0, 0.05) is 6.20 Å². The van der Waals surface area contributed by atoms with E-state index in [0.717, 1.165) is 12.3 Å². The normalized spacial score (nSPS) is 11.0. The van der Waals surface area contributed by atoms with Gasteiger partial charge in [0.1, 0.15) is 12.1 Å². The number of H-pyrrole nitrogens is 1. The Balaban J connectivity index is 2.23. The molecular weight excluding hydrogens is 411 g/mol. The zero-order valence-electron chi connectivity index (χ0n) is 12.6. The van der Waals surface area contributed by atoms with Crippen molar-refractivity contribution in [2.24, 2.45) is 0 Å².